The van der Waals surface area contributed by atoms with E-state index in [9.17, 15) is 33.6 Å². The van der Waals surface area contributed by atoms with Crippen LogP contribution < -0.4 is 47.9 Å². The lowest BCUT2D eigenvalue weighted by Gasteiger charge is -2.27. The van der Waals surface area contributed by atoms with Crippen LogP contribution >= 0.6 is 0 Å². The molecule has 5 aliphatic carbocycles. The zero-order valence-electron chi connectivity index (χ0n) is 57.9. The Hall–Kier alpha value is -12.5. The average Bonchev–Trinajstić information content (AvgIpc) is 1.28. The minimum Gasteiger partial charge on any atom is -0.347 e. The third-order valence-electron chi connectivity index (χ3n) is 19.2. The average molecular weight is 1410 g/mol. The highest BCUT2D eigenvalue weighted by molar-refractivity contribution is 6.05. The third kappa shape index (κ3) is 18.2. The van der Waals surface area contributed by atoms with Gasteiger partial charge in [-0.15, -0.1) is 0 Å². The first kappa shape index (κ1) is 70.9. The highest BCUT2D eigenvalue weighted by Crippen LogP contribution is 2.30. The van der Waals surface area contributed by atoms with Crippen LogP contribution in [0.5, 0.6) is 0 Å². The molecule has 0 atom stereocenters. The Morgan fingerprint density at radius 2 is 0.657 bits per heavy atom. The van der Waals surface area contributed by atoms with Crippen LogP contribution in [0.3, 0.4) is 0 Å². The minimum absolute atomic E-state index is 0.00194. The number of hydrogen-bond acceptors (Lipinski definition) is 16. The second-order valence-electron chi connectivity index (χ2n) is 26.3. The van der Waals surface area contributed by atoms with E-state index in [1.165, 1.54) is 92.8 Å². The fraction of sp³-hybridized carbons (Fsp3) is 0.263. The van der Waals surface area contributed by atoms with Crippen LogP contribution in [0.15, 0.2) is 201 Å². The van der Waals surface area contributed by atoms with Crippen molar-refractivity contribution in [2.45, 2.75) is 102 Å². The maximum absolute atomic E-state index is 12.9. The molecule has 1 aliphatic heterocycles. The second-order valence-corrected chi connectivity index (χ2v) is 26.3. The van der Waals surface area contributed by atoms with Crippen LogP contribution in [0.4, 0.5) is 32.7 Å². The summed E-state index contributed by atoms with van der Waals surface area (Å²) in [5.74, 6) is -0.890. The van der Waals surface area contributed by atoms with Crippen LogP contribution in [0.2, 0.25) is 0 Å². The number of nitrogens with one attached hydrogen (secondary N) is 9. The number of para-hydroxylation sites is 1. The van der Waals surface area contributed by atoms with Crippen molar-refractivity contribution in [3.63, 3.8) is 0 Å². The Morgan fingerprint density at radius 3 is 1.03 bits per heavy atom. The molecule has 1 fully saturated rings. The first-order chi connectivity index (χ1) is 51.3. The molecular weight excluding hydrogens is 1320 g/mol. The van der Waals surface area contributed by atoms with Crippen molar-refractivity contribution in [1.29, 1.82) is 0 Å². The van der Waals surface area contributed by atoms with E-state index < -0.39 is 6.03 Å². The molecule has 25 heteroatoms. The number of aromatic nitrogens is 8. The molecule has 4 aromatic heterocycles. The van der Waals surface area contributed by atoms with E-state index in [2.05, 4.69) is 148 Å². The van der Waals surface area contributed by atoms with Crippen LogP contribution in [0, 0.1) is 5.92 Å². The van der Waals surface area contributed by atoms with E-state index >= 15 is 0 Å². The van der Waals surface area contributed by atoms with Gasteiger partial charge in [0.2, 0.25) is 5.91 Å². The van der Waals surface area contributed by atoms with Crippen molar-refractivity contribution in [3.8, 4) is 0 Å². The summed E-state index contributed by atoms with van der Waals surface area (Å²) in [5.41, 5.74) is 14.8. The van der Waals surface area contributed by atoms with Gasteiger partial charge in [-0.1, -0.05) is 146 Å². The number of urea groups is 2. The summed E-state index contributed by atoms with van der Waals surface area (Å²) in [6, 6.07) is 49.5. The number of benzene rings is 6. The summed E-state index contributed by atoms with van der Waals surface area (Å²) in [5, 5.41) is 26.2. The molecule has 5 heterocycles. The van der Waals surface area contributed by atoms with Crippen molar-refractivity contribution in [2.75, 3.05) is 47.4 Å². The largest absolute Gasteiger partial charge is 0.347 e. The number of nitrogens with zero attached hydrogens (tertiary/aromatic N) is 9. The summed E-state index contributed by atoms with van der Waals surface area (Å²) >= 11 is 0. The molecule has 0 radical (unpaired) electrons. The van der Waals surface area contributed by atoms with E-state index in [-0.39, 0.29) is 100 Å². The highest BCUT2D eigenvalue weighted by atomic mass is 16.2. The van der Waals surface area contributed by atoms with Gasteiger partial charge >= 0.3 is 12.1 Å². The minimum atomic E-state index is -0.492. The Morgan fingerprint density at radius 1 is 0.352 bits per heavy atom. The summed E-state index contributed by atoms with van der Waals surface area (Å²) in [4.78, 5) is 123. The SMILES string of the molecule is CCc1nccnc1C(=O)NC1Cc2ccccc2C1.O=C(NC1Cc2ccccc2C1)c1nccnc1NC(=O)C1Cc2ccccc2C1.O=C(NC1Cc2ccccc2C1)c1nccnc1NC(=O)N1CCNCC1.O=C(Nc1ccccc1)Nc1nccnc1C(=O)NC1Cc2ccccc2C1. The number of fused-ring (bicyclic) bond motifs is 5. The maximum atomic E-state index is 12.9. The molecule has 6 aliphatic rings. The molecule has 10 aromatic rings. The van der Waals surface area contributed by atoms with Gasteiger partial charge in [-0.3, -0.25) is 39.6 Å². The molecule has 9 amide bonds. The number of anilines is 4. The lowest BCUT2D eigenvalue weighted by atomic mass is 10.1. The molecule has 9 N–H and O–H groups in total. The normalized spacial score (nSPS) is 14.8. The number of amides is 9. The Kier molecular flexibility index (Phi) is 22.9. The molecule has 25 nitrogen and oxygen atoms in total. The van der Waals surface area contributed by atoms with Crippen LogP contribution in [0.1, 0.15) is 110 Å². The molecule has 0 spiro atoms. The monoisotopic (exact) mass is 1400 g/mol. The number of aryl methyl sites for hydroxylation is 1. The summed E-state index contributed by atoms with van der Waals surface area (Å²) < 4.78 is 0. The quantitative estimate of drug-likeness (QED) is 0.0493. The zero-order chi connectivity index (χ0) is 72.4. The number of rotatable bonds is 14. The van der Waals surface area contributed by atoms with Crippen LogP contribution in [0.25, 0.3) is 0 Å². The van der Waals surface area contributed by atoms with Crippen molar-refractivity contribution >= 4 is 64.7 Å². The van der Waals surface area contributed by atoms with E-state index in [1.807, 2.05) is 85.8 Å². The smallest absolute Gasteiger partial charge is 0.324 e. The Bertz CT molecular complexity index is 4680. The molecule has 0 bridgehead atoms. The van der Waals surface area contributed by atoms with Gasteiger partial charge in [0.05, 0.1) is 5.69 Å². The Labute approximate surface area is 607 Å². The predicted octanol–water partition coefficient (Wildman–Crippen LogP) is 8.49. The van der Waals surface area contributed by atoms with Crippen molar-refractivity contribution in [3.05, 3.63) is 285 Å². The molecule has 532 valence electrons. The second kappa shape index (κ2) is 34.0. The van der Waals surface area contributed by atoms with Gasteiger partial charge in [-0.05, 0) is 138 Å². The highest BCUT2D eigenvalue weighted by Gasteiger charge is 2.32. The molecular formula is C80H80N18O7. The molecule has 105 heavy (non-hydrogen) atoms. The summed E-state index contributed by atoms with van der Waals surface area (Å²) in [6.45, 7) is 4.72. The van der Waals surface area contributed by atoms with Crippen LogP contribution in [-0.4, -0.2) is 137 Å². The number of piperazine rings is 1. The van der Waals surface area contributed by atoms with Crippen molar-refractivity contribution < 1.29 is 33.6 Å². The standard InChI is InChI=1S/C24H22N4O2.C21H19N5O2.C19H22N6O2.C16H17N3O/c29-23(19-11-15-5-1-2-6-16(15)12-19)28-22-21(25-9-10-26-22)24(30)27-20-13-17-7-3-4-8-18(17)14-20;27-20(24-17-12-14-6-4-5-7-15(14)13-17)18-19(23-11-10-22-18)26-21(28)25-16-8-2-1-3-9-16;26-18(23-15-11-13-3-1-2-4-14(13)12-15)16-17(22-6-5-21-16)24-19(27)25-9-7-20-8-10-25;1-2-14-15(18-8-7-17-14)16(20)19-13-9-11-5-3-4-6-12(11)10-13/h1-10,19-20H,11-14H2,(H,27,30)(H,26,28,29);1-11,17H,12-13H2,(H,24,27)(H2,23,25,26,28);1-6,15,20H,7-12H2,(H,23,26)(H,22,24,27);3-8,13H,2,9-10H2,1H3,(H,19,20). The van der Waals surface area contributed by atoms with E-state index in [4.69, 9.17) is 0 Å². The predicted molar refractivity (Wildman–Crippen MR) is 396 cm³/mol. The van der Waals surface area contributed by atoms with Crippen molar-refractivity contribution in [1.82, 2.24) is 71.4 Å². The molecule has 0 unspecified atom stereocenters. The lowest BCUT2D eigenvalue weighted by Crippen LogP contribution is -2.48. The van der Waals surface area contributed by atoms with Gasteiger partial charge in [0.25, 0.3) is 23.6 Å². The third-order valence-corrected chi connectivity index (χ3v) is 19.2. The molecule has 0 saturated carbocycles. The first-order valence-corrected chi connectivity index (χ1v) is 35.3. The molecule has 16 rings (SSSR count). The van der Waals surface area contributed by atoms with Gasteiger partial charge in [-0.2, -0.15) is 0 Å². The lowest BCUT2D eigenvalue weighted by molar-refractivity contribution is -0.119. The van der Waals surface area contributed by atoms with Gasteiger partial charge in [-0.25, -0.2) is 44.5 Å². The van der Waals surface area contributed by atoms with E-state index in [1.54, 1.807) is 29.4 Å². The maximum Gasteiger partial charge on any atom is 0.324 e. The topological polar surface area (TPSA) is 334 Å². The summed E-state index contributed by atoms with van der Waals surface area (Å²) in [7, 11) is 0. The van der Waals surface area contributed by atoms with Gasteiger partial charge in [0, 0.05) is 112 Å². The molecule has 6 aromatic carbocycles. The van der Waals surface area contributed by atoms with Crippen LogP contribution in [-0.2, 0) is 75.4 Å². The number of carbonyl (C=O) groups is 7. The van der Waals surface area contributed by atoms with Gasteiger partial charge < -0.3 is 42.1 Å². The Balaban J connectivity index is 0.000000125. The van der Waals surface area contributed by atoms with E-state index in [0.29, 0.717) is 43.7 Å². The van der Waals surface area contributed by atoms with Crippen molar-refractivity contribution in [2.24, 2.45) is 5.92 Å². The fourth-order valence-corrected chi connectivity index (χ4v) is 14.1. The molecule has 1 saturated heterocycles. The number of carbonyl (C=O) groups excluding carboxylic acids is 7. The van der Waals surface area contributed by atoms with Gasteiger partial charge in [0.15, 0.2) is 34.5 Å². The zero-order valence-corrected chi connectivity index (χ0v) is 57.9. The fourth-order valence-electron chi connectivity index (χ4n) is 14.1. The van der Waals surface area contributed by atoms with Gasteiger partial charge in [0.1, 0.15) is 5.69 Å². The summed E-state index contributed by atoms with van der Waals surface area (Å²) in [6.07, 6.45) is 20.6. The number of hydrogen-bond donors (Lipinski definition) is 9. The first-order valence-electron chi connectivity index (χ1n) is 35.3. The van der Waals surface area contributed by atoms with E-state index in [0.717, 1.165) is 70.2 Å².